The smallest absolute Gasteiger partial charge is 0.264 e. The van der Waals surface area contributed by atoms with Crippen LogP contribution in [0.5, 0.6) is 0 Å². The molecule has 116 valence electrons. The molecule has 3 aromatic rings. The van der Waals surface area contributed by atoms with E-state index < -0.39 is 6.04 Å². The van der Waals surface area contributed by atoms with E-state index in [1.807, 2.05) is 24.3 Å². The minimum Gasteiger partial charge on any atom is -0.271 e. The molecule has 0 fully saturated rings. The number of amides is 1. The predicted molar refractivity (Wildman–Crippen MR) is 84.4 cm³/mol. The lowest BCUT2D eigenvalue weighted by Crippen LogP contribution is -2.28. The number of para-hydroxylation sites is 1. The van der Waals surface area contributed by atoms with Gasteiger partial charge >= 0.3 is 0 Å². The third-order valence-electron chi connectivity index (χ3n) is 3.38. The molecule has 3 rings (SSSR count). The predicted octanol–water partition coefficient (Wildman–Crippen LogP) is 2.28. The van der Waals surface area contributed by atoms with Gasteiger partial charge in [0.2, 0.25) is 0 Å². The summed E-state index contributed by atoms with van der Waals surface area (Å²) in [6, 6.07) is 12.6. The lowest BCUT2D eigenvalue weighted by atomic mass is 10.2. The van der Waals surface area contributed by atoms with Gasteiger partial charge in [-0.2, -0.15) is 5.10 Å². The second-order valence-corrected chi connectivity index (χ2v) is 4.98. The monoisotopic (exact) mass is 311 g/mol. The zero-order valence-electron chi connectivity index (χ0n) is 12.3. The van der Waals surface area contributed by atoms with Crippen LogP contribution in [0.3, 0.4) is 0 Å². The SMILES string of the molecule is C[C@H](C(=O)N/N=C\c1ccc(F)cc1)n1nnc2ccccc21. The van der Waals surface area contributed by atoms with Crippen LogP contribution in [0.1, 0.15) is 18.5 Å². The van der Waals surface area contributed by atoms with E-state index in [1.54, 1.807) is 19.1 Å². The maximum atomic E-state index is 12.8. The number of benzene rings is 2. The molecule has 1 heterocycles. The van der Waals surface area contributed by atoms with Crippen molar-refractivity contribution in [2.45, 2.75) is 13.0 Å². The minimum atomic E-state index is -0.562. The summed E-state index contributed by atoms with van der Waals surface area (Å²) in [5.41, 5.74) is 4.63. The van der Waals surface area contributed by atoms with Gasteiger partial charge in [0.05, 0.1) is 11.7 Å². The summed E-state index contributed by atoms with van der Waals surface area (Å²) in [7, 11) is 0. The van der Waals surface area contributed by atoms with Crippen molar-refractivity contribution in [3.63, 3.8) is 0 Å². The Labute approximate surface area is 131 Å². The molecule has 0 unspecified atom stereocenters. The van der Waals surface area contributed by atoms with Crippen LogP contribution >= 0.6 is 0 Å². The fraction of sp³-hybridized carbons (Fsp3) is 0.125. The Bertz CT molecular complexity index is 856. The summed E-state index contributed by atoms with van der Waals surface area (Å²) in [5, 5.41) is 11.9. The zero-order valence-corrected chi connectivity index (χ0v) is 12.3. The number of hydrogen-bond donors (Lipinski definition) is 1. The van der Waals surface area contributed by atoms with E-state index in [-0.39, 0.29) is 11.7 Å². The lowest BCUT2D eigenvalue weighted by molar-refractivity contribution is -0.124. The molecule has 6 nitrogen and oxygen atoms in total. The second-order valence-electron chi connectivity index (χ2n) is 4.98. The van der Waals surface area contributed by atoms with Gasteiger partial charge in [-0.15, -0.1) is 5.10 Å². The van der Waals surface area contributed by atoms with E-state index in [0.717, 1.165) is 11.0 Å². The van der Waals surface area contributed by atoms with Crippen molar-refractivity contribution >= 4 is 23.2 Å². The number of rotatable bonds is 4. The molecule has 1 N–H and O–H groups in total. The molecule has 7 heteroatoms. The summed E-state index contributed by atoms with van der Waals surface area (Å²) in [4.78, 5) is 12.2. The lowest BCUT2D eigenvalue weighted by Gasteiger charge is -2.10. The van der Waals surface area contributed by atoms with Crippen molar-refractivity contribution in [3.05, 3.63) is 59.9 Å². The van der Waals surface area contributed by atoms with Gasteiger partial charge in [-0.1, -0.05) is 29.5 Å². The first-order valence-electron chi connectivity index (χ1n) is 7.03. The second kappa shape index (κ2) is 6.35. The van der Waals surface area contributed by atoms with Crippen molar-refractivity contribution < 1.29 is 9.18 Å². The van der Waals surface area contributed by atoms with Crippen LogP contribution in [0, 0.1) is 5.82 Å². The van der Waals surface area contributed by atoms with E-state index >= 15 is 0 Å². The Morgan fingerprint density at radius 3 is 2.78 bits per heavy atom. The maximum Gasteiger partial charge on any atom is 0.264 e. The molecule has 0 aliphatic heterocycles. The molecular weight excluding hydrogens is 297 g/mol. The third kappa shape index (κ3) is 3.23. The first-order chi connectivity index (χ1) is 11.1. The highest BCUT2D eigenvalue weighted by molar-refractivity contribution is 5.85. The largest absolute Gasteiger partial charge is 0.271 e. The molecule has 23 heavy (non-hydrogen) atoms. The summed E-state index contributed by atoms with van der Waals surface area (Å²) in [6.07, 6.45) is 1.45. The van der Waals surface area contributed by atoms with Crippen LogP contribution < -0.4 is 5.43 Å². The molecule has 0 aliphatic carbocycles. The zero-order chi connectivity index (χ0) is 16.2. The van der Waals surface area contributed by atoms with Crippen LogP contribution in [0.4, 0.5) is 4.39 Å². The quantitative estimate of drug-likeness (QED) is 0.593. The first kappa shape index (κ1) is 14.8. The van der Waals surface area contributed by atoms with Gasteiger partial charge in [0, 0.05) is 0 Å². The van der Waals surface area contributed by atoms with E-state index in [4.69, 9.17) is 0 Å². The number of aromatic nitrogens is 3. The Morgan fingerprint density at radius 1 is 1.26 bits per heavy atom. The van der Waals surface area contributed by atoms with Gasteiger partial charge in [-0.25, -0.2) is 14.5 Å². The molecule has 0 bridgehead atoms. The Morgan fingerprint density at radius 2 is 2.00 bits per heavy atom. The van der Waals surface area contributed by atoms with Crippen LogP contribution in [-0.2, 0) is 4.79 Å². The summed E-state index contributed by atoms with van der Waals surface area (Å²) < 4.78 is 14.3. The van der Waals surface area contributed by atoms with Crippen LogP contribution in [-0.4, -0.2) is 27.1 Å². The van der Waals surface area contributed by atoms with Crippen molar-refractivity contribution in [3.8, 4) is 0 Å². The topological polar surface area (TPSA) is 72.2 Å². The molecule has 0 saturated carbocycles. The van der Waals surface area contributed by atoms with Gasteiger partial charge in [-0.3, -0.25) is 4.79 Å². The highest BCUT2D eigenvalue weighted by Crippen LogP contribution is 2.15. The third-order valence-corrected chi connectivity index (χ3v) is 3.38. The van der Waals surface area contributed by atoms with Crippen molar-refractivity contribution in [2.24, 2.45) is 5.10 Å². The standard InChI is InChI=1S/C16H14FN5O/c1-11(22-15-5-3-2-4-14(15)19-21-22)16(23)20-18-10-12-6-8-13(17)9-7-12/h2-11H,1H3,(H,20,23)/b18-10-/t11-/m1/s1. The molecule has 2 aromatic carbocycles. The van der Waals surface area contributed by atoms with Crippen LogP contribution in [0.2, 0.25) is 0 Å². The molecule has 1 amide bonds. The summed E-state index contributed by atoms with van der Waals surface area (Å²) in [5.74, 6) is -0.642. The molecule has 0 spiro atoms. The van der Waals surface area contributed by atoms with Crippen molar-refractivity contribution in [1.82, 2.24) is 20.4 Å². The van der Waals surface area contributed by atoms with E-state index in [0.29, 0.717) is 5.56 Å². The fourth-order valence-electron chi connectivity index (χ4n) is 2.10. The van der Waals surface area contributed by atoms with Crippen molar-refractivity contribution in [2.75, 3.05) is 0 Å². The van der Waals surface area contributed by atoms with Crippen molar-refractivity contribution in [1.29, 1.82) is 0 Å². The number of fused-ring (bicyclic) bond motifs is 1. The van der Waals surface area contributed by atoms with Gasteiger partial charge in [0.25, 0.3) is 5.91 Å². The number of halogens is 1. The number of nitrogens with one attached hydrogen (secondary N) is 1. The van der Waals surface area contributed by atoms with E-state index in [9.17, 15) is 9.18 Å². The van der Waals surface area contributed by atoms with Crippen LogP contribution in [0.25, 0.3) is 11.0 Å². The Hall–Kier alpha value is -3.09. The number of hydrogen-bond acceptors (Lipinski definition) is 4. The first-order valence-corrected chi connectivity index (χ1v) is 7.03. The fourth-order valence-corrected chi connectivity index (χ4v) is 2.10. The van der Waals surface area contributed by atoms with Gasteiger partial charge in [0.15, 0.2) is 0 Å². The average Bonchev–Trinajstić information content (AvgIpc) is 3.00. The average molecular weight is 311 g/mol. The summed E-state index contributed by atoms with van der Waals surface area (Å²) >= 11 is 0. The Balaban J connectivity index is 1.69. The molecule has 0 aliphatic rings. The highest BCUT2D eigenvalue weighted by Gasteiger charge is 2.17. The molecule has 0 radical (unpaired) electrons. The number of hydrazone groups is 1. The maximum absolute atomic E-state index is 12.8. The summed E-state index contributed by atoms with van der Waals surface area (Å²) in [6.45, 7) is 1.71. The minimum absolute atomic E-state index is 0.320. The molecule has 1 atom stereocenters. The molecule has 1 aromatic heterocycles. The molecular formula is C16H14FN5O. The number of nitrogens with zero attached hydrogens (tertiary/aromatic N) is 4. The Kier molecular flexibility index (Phi) is 4.09. The van der Waals surface area contributed by atoms with Crippen LogP contribution in [0.15, 0.2) is 53.6 Å². The highest BCUT2D eigenvalue weighted by atomic mass is 19.1. The molecule has 0 saturated heterocycles. The van der Waals surface area contributed by atoms with E-state index in [2.05, 4.69) is 20.8 Å². The van der Waals surface area contributed by atoms with Gasteiger partial charge in [-0.05, 0) is 36.8 Å². The number of carbonyl (C=O) groups is 1. The number of carbonyl (C=O) groups excluding carboxylic acids is 1. The normalized spacial score (nSPS) is 12.6. The van der Waals surface area contributed by atoms with Gasteiger partial charge in [0.1, 0.15) is 17.4 Å². The van der Waals surface area contributed by atoms with Gasteiger partial charge < -0.3 is 0 Å². The van der Waals surface area contributed by atoms with E-state index in [1.165, 1.54) is 23.0 Å².